The van der Waals surface area contributed by atoms with Crippen molar-refractivity contribution >= 4 is 16.9 Å². The van der Waals surface area contributed by atoms with Gasteiger partial charge >= 0.3 is 0 Å². The van der Waals surface area contributed by atoms with Gasteiger partial charge in [0.25, 0.3) is 5.91 Å². The quantitative estimate of drug-likeness (QED) is 0.247. The van der Waals surface area contributed by atoms with Gasteiger partial charge < -0.3 is 14.6 Å². The van der Waals surface area contributed by atoms with E-state index in [1.807, 2.05) is 12.1 Å². The Hall–Kier alpha value is -3.67. The number of carbonyl (C=O) groups is 1. The number of ether oxygens (including phenoxy) is 1. The molecule has 2 heterocycles. The highest BCUT2D eigenvalue weighted by Gasteiger charge is 2.12. The molecule has 0 saturated heterocycles. The number of imidazole rings is 1. The number of hydrogen-bond acceptors (Lipinski definition) is 4. The van der Waals surface area contributed by atoms with E-state index < -0.39 is 0 Å². The number of unbranched alkanes of at least 4 members (excludes halogenated alkanes) is 1. The van der Waals surface area contributed by atoms with E-state index in [2.05, 4.69) is 72.0 Å². The molecule has 1 N–H and O–H groups in total. The molecule has 2 aromatic heterocycles. The van der Waals surface area contributed by atoms with Crippen molar-refractivity contribution in [3.8, 4) is 5.75 Å². The van der Waals surface area contributed by atoms with E-state index in [1.165, 1.54) is 11.1 Å². The van der Waals surface area contributed by atoms with E-state index in [4.69, 9.17) is 9.72 Å². The average molecular weight is 485 g/mol. The summed E-state index contributed by atoms with van der Waals surface area (Å²) >= 11 is 0. The van der Waals surface area contributed by atoms with Crippen molar-refractivity contribution in [3.05, 3.63) is 89.5 Å². The fourth-order valence-corrected chi connectivity index (χ4v) is 4.40. The molecule has 36 heavy (non-hydrogen) atoms. The minimum absolute atomic E-state index is 0.140. The van der Waals surface area contributed by atoms with Gasteiger partial charge in [0.2, 0.25) is 0 Å². The molecule has 0 radical (unpaired) electrons. The summed E-state index contributed by atoms with van der Waals surface area (Å²) in [7, 11) is 0. The van der Waals surface area contributed by atoms with Crippen molar-refractivity contribution in [1.29, 1.82) is 0 Å². The summed E-state index contributed by atoms with van der Waals surface area (Å²) < 4.78 is 8.51. The first-order valence-corrected chi connectivity index (χ1v) is 12.9. The van der Waals surface area contributed by atoms with E-state index in [1.54, 1.807) is 18.3 Å². The van der Waals surface area contributed by atoms with Gasteiger partial charge in [-0.25, -0.2) is 4.98 Å². The van der Waals surface area contributed by atoms with E-state index in [-0.39, 0.29) is 5.91 Å². The molecule has 0 aliphatic heterocycles. The molecule has 2 aromatic carbocycles. The van der Waals surface area contributed by atoms with Gasteiger partial charge in [-0.3, -0.25) is 9.78 Å². The molecule has 0 spiro atoms. The van der Waals surface area contributed by atoms with Gasteiger partial charge in [-0.15, -0.1) is 0 Å². The summed E-state index contributed by atoms with van der Waals surface area (Å²) in [6.07, 6.45) is 5.22. The first-order valence-electron chi connectivity index (χ1n) is 12.9. The van der Waals surface area contributed by atoms with Crippen LogP contribution < -0.4 is 10.1 Å². The highest BCUT2D eigenvalue weighted by Crippen LogP contribution is 2.27. The number of rotatable bonds is 12. The fraction of sp³-hybridized carbons (Fsp3) is 0.367. The first kappa shape index (κ1) is 25.4. The van der Waals surface area contributed by atoms with E-state index in [0.29, 0.717) is 24.8 Å². The lowest BCUT2D eigenvalue weighted by Crippen LogP contribution is -2.25. The van der Waals surface area contributed by atoms with Crippen LogP contribution in [0.15, 0.2) is 66.9 Å². The molecule has 0 atom stereocenters. The van der Waals surface area contributed by atoms with Crippen LogP contribution in [-0.4, -0.2) is 33.6 Å². The lowest BCUT2D eigenvalue weighted by atomic mass is 10.0. The normalized spacial score (nSPS) is 11.2. The van der Waals surface area contributed by atoms with Crippen LogP contribution in [0.5, 0.6) is 5.75 Å². The number of aryl methyl sites for hydroxylation is 3. The molecule has 4 aromatic rings. The number of nitrogens with one attached hydrogen (secondary N) is 1. The maximum atomic E-state index is 12.2. The summed E-state index contributed by atoms with van der Waals surface area (Å²) in [5.74, 6) is 2.36. The summed E-state index contributed by atoms with van der Waals surface area (Å²) in [6, 6.07) is 20.1. The maximum Gasteiger partial charge on any atom is 0.269 e. The second-order valence-electron chi connectivity index (χ2n) is 9.49. The summed E-state index contributed by atoms with van der Waals surface area (Å²) in [6.45, 7) is 8.68. The Kier molecular flexibility index (Phi) is 8.71. The van der Waals surface area contributed by atoms with Crippen LogP contribution in [0.3, 0.4) is 0 Å². The molecular weight excluding hydrogens is 448 g/mol. The van der Waals surface area contributed by atoms with E-state index >= 15 is 0 Å². The Bertz CT molecular complexity index is 1280. The van der Waals surface area contributed by atoms with E-state index in [9.17, 15) is 4.79 Å². The number of para-hydroxylation sites is 2. The van der Waals surface area contributed by atoms with Gasteiger partial charge in [0, 0.05) is 25.7 Å². The molecule has 4 rings (SSSR count). The fourth-order valence-electron chi connectivity index (χ4n) is 4.40. The second kappa shape index (κ2) is 12.3. The average Bonchev–Trinajstić information content (AvgIpc) is 3.24. The number of aromatic nitrogens is 3. The van der Waals surface area contributed by atoms with Crippen LogP contribution in [0.1, 0.15) is 66.5 Å². The Morgan fingerprint density at radius 3 is 2.67 bits per heavy atom. The predicted molar refractivity (Wildman–Crippen MR) is 145 cm³/mol. The predicted octanol–water partition coefficient (Wildman–Crippen LogP) is 6.08. The van der Waals surface area contributed by atoms with Crippen LogP contribution in [0.25, 0.3) is 11.0 Å². The van der Waals surface area contributed by atoms with E-state index in [0.717, 1.165) is 54.8 Å². The zero-order valence-electron chi connectivity index (χ0n) is 21.5. The Morgan fingerprint density at radius 2 is 1.86 bits per heavy atom. The number of pyridine rings is 1. The van der Waals surface area contributed by atoms with Crippen molar-refractivity contribution in [1.82, 2.24) is 19.9 Å². The van der Waals surface area contributed by atoms with Gasteiger partial charge in [0.15, 0.2) is 0 Å². The maximum absolute atomic E-state index is 12.2. The zero-order valence-corrected chi connectivity index (χ0v) is 21.5. The lowest BCUT2D eigenvalue weighted by Gasteiger charge is -2.15. The molecule has 6 nitrogen and oxygen atoms in total. The minimum atomic E-state index is -0.140. The van der Waals surface area contributed by atoms with Crippen LogP contribution >= 0.6 is 0 Å². The lowest BCUT2D eigenvalue weighted by molar-refractivity contribution is 0.0948. The third-order valence-electron chi connectivity index (χ3n) is 6.32. The number of carbonyl (C=O) groups excluding carboxylic acids is 1. The molecule has 0 saturated carbocycles. The summed E-state index contributed by atoms with van der Waals surface area (Å²) in [5.41, 5.74) is 5.10. The SMILES string of the molecule is Cc1ccc(C(C)C)c(OCCCCn2c(CCCNC(=O)c3ccccn3)nc3ccccc32)c1. The molecule has 6 heteroatoms. The third-order valence-corrected chi connectivity index (χ3v) is 6.32. The highest BCUT2D eigenvalue weighted by atomic mass is 16.5. The van der Waals surface area contributed by atoms with Crippen molar-refractivity contribution < 1.29 is 9.53 Å². The number of nitrogens with zero attached hydrogens (tertiary/aromatic N) is 3. The number of hydrogen-bond donors (Lipinski definition) is 1. The Morgan fingerprint density at radius 1 is 1.03 bits per heavy atom. The zero-order chi connectivity index (χ0) is 25.3. The molecule has 188 valence electrons. The number of amides is 1. The second-order valence-corrected chi connectivity index (χ2v) is 9.49. The highest BCUT2D eigenvalue weighted by molar-refractivity contribution is 5.92. The van der Waals surface area contributed by atoms with Gasteiger partial charge in [0.05, 0.1) is 17.6 Å². The van der Waals surface area contributed by atoms with Crippen molar-refractivity contribution in [2.45, 2.75) is 58.9 Å². The summed E-state index contributed by atoms with van der Waals surface area (Å²) in [5, 5.41) is 2.96. The van der Waals surface area contributed by atoms with Crippen molar-refractivity contribution in [2.75, 3.05) is 13.2 Å². The van der Waals surface area contributed by atoms with Crippen LogP contribution in [0.2, 0.25) is 0 Å². The van der Waals surface area contributed by atoms with Gasteiger partial charge in [-0.2, -0.15) is 0 Å². The molecule has 0 fully saturated rings. The number of benzene rings is 2. The summed E-state index contributed by atoms with van der Waals surface area (Å²) in [4.78, 5) is 21.2. The van der Waals surface area contributed by atoms with Crippen molar-refractivity contribution in [2.24, 2.45) is 0 Å². The standard InChI is InChI=1S/C30H36N4O2/c1-22(2)24-16-15-23(3)21-28(24)36-20-9-8-19-34-27-13-5-4-11-25(27)33-29(34)14-10-18-32-30(35)26-12-6-7-17-31-26/h4-7,11-13,15-17,21-22H,8-10,14,18-20H2,1-3H3,(H,32,35). The molecule has 0 bridgehead atoms. The molecule has 0 aliphatic carbocycles. The van der Waals surface area contributed by atoms with Gasteiger partial charge in [-0.05, 0) is 73.6 Å². The topological polar surface area (TPSA) is 69.0 Å². The Balaban J connectivity index is 1.31. The molecule has 1 amide bonds. The Labute approximate surface area is 213 Å². The van der Waals surface area contributed by atoms with Gasteiger partial charge in [-0.1, -0.05) is 44.2 Å². The largest absolute Gasteiger partial charge is 0.493 e. The van der Waals surface area contributed by atoms with Gasteiger partial charge in [0.1, 0.15) is 17.3 Å². The smallest absolute Gasteiger partial charge is 0.269 e. The third kappa shape index (κ3) is 6.51. The first-order chi connectivity index (χ1) is 17.5. The molecule has 0 aliphatic rings. The molecule has 0 unspecified atom stereocenters. The number of fused-ring (bicyclic) bond motifs is 1. The molecular formula is C30H36N4O2. The van der Waals surface area contributed by atoms with Crippen LogP contribution in [0.4, 0.5) is 0 Å². The minimum Gasteiger partial charge on any atom is -0.493 e. The monoisotopic (exact) mass is 484 g/mol. The van der Waals surface area contributed by atoms with Crippen LogP contribution in [-0.2, 0) is 13.0 Å². The van der Waals surface area contributed by atoms with Crippen molar-refractivity contribution in [3.63, 3.8) is 0 Å². The van der Waals surface area contributed by atoms with Crippen LogP contribution in [0, 0.1) is 6.92 Å².